The van der Waals surface area contributed by atoms with Gasteiger partial charge in [0.05, 0.1) is 11.5 Å². The lowest BCUT2D eigenvalue weighted by Crippen LogP contribution is -2.40. The molecule has 1 amide bonds. The summed E-state index contributed by atoms with van der Waals surface area (Å²) >= 11 is 8.02. The van der Waals surface area contributed by atoms with Gasteiger partial charge < -0.3 is 10.0 Å². The molecule has 4 nitrogen and oxygen atoms in total. The zero-order chi connectivity index (χ0) is 14.0. The summed E-state index contributed by atoms with van der Waals surface area (Å²) in [4.78, 5) is 24.9. The molecule has 1 fully saturated rings. The van der Waals surface area contributed by atoms with Gasteiger partial charge in [-0.2, -0.15) is 0 Å². The second kappa shape index (κ2) is 6.09. The Kier molecular flexibility index (Phi) is 4.67. The average Bonchev–Trinajstić information content (AvgIpc) is 2.41. The van der Waals surface area contributed by atoms with Crippen LogP contribution in [0.5, 0.6) is 0 Å². The molecule has 1 saturated heterocycles. The minimum absolute atomic E-state index is 0.0734. The number of hydrogen-bond acceptors (Lipinski definition) is 2. The first-order chi connectivity index (χ1) is 8.99. The number of amides is 1. The molecule has 1 aliphatic rings. The highest BCUT2D eigenvalue weighted by atomic mass is 127. The van der Waals surface area contributed by atoms with E-state index in [4.69, 9.17) is 16.7 Å². The van der Waals surface area contributed by atoms with E-state index in [-0.39, 0.29) is 11.8 Å². The van der Waals surface area contributed by atoms with E-state index in [1.165, 1.54) is 0 Å². The van der Waals surface area contributed by atoms with Gasteiger partial charge in [0.15, 0.2) is 0 Å². The summed E-state index contributed by atoms with van der Waals surface area (Å²) in [5, 5.41) is 9.47. The molecule has 1 aromatic rings. The zero-order valence-corrected chi connectivity index (χ0v) is 13.0. The lowest BCUT2D eigenvalue weighted by molar-refractivity contribution is -0.143. The van der Waals surface area contributed by atoms with Crippen LogP contribution < -0.4 is 0 Å². The topological polar surface area (TPSA) is 57.6 Å². The number of carbonyl (C=O) groups excluding carboxylic acids is 1. The third kappa shape index (κ3) is 3.39. The van der Waals surface area contributed by atoms with Crippen molar-refractivity contribution < 1.29 is 14.7 Å². The van der Waals surface area contributed by atoms with Crippen LogP contribution in [0.4, 0.5) is 0 Å². The zero-order valence-electron chi connectivity index (χ0n) is 10.1. The highest BCUT2D eigenvalue weighted by molar-refractivity contribution is 14.1. The van der Waals surface area contributed by atoms with Gasteiger partial charge in [0.1, 0.15) is 0 Å². The molecular formula is C13H13ClINO3. The Bertz CT molecular complexity index is 513. The van der Waals surface area contributed by atoms with Crippen molar-refractivity contribution in [1.29, 1.82) is 0 Å². The Morgan fingerprint density at radius 2 is 1.95 bits per heavy atom. The average molecular weight is 394 g/mol. The molecule has 0 atom stereocenters. The number of carboxylic acid groups (broad SMARTS) is 1. The van der Waals surface area contributed by atoms with E-state index < -0.39 is 5.97 Å². The Labute approximate surface area is 129 Å². The molecule has 19 heavy (non-hydrogen) atoms. The van der Waals surface area contributed by atoms with E-state index in [2.05, 4.69) is 22.6 Å². The summed E-state index contributed by atoms with van der Waals surface area (Å²) in [6, 6.07) is 5.21. The number of benzene rings is 1. The van der Waals surface area contributed by atoms with Gasteiger partial charge in [-0.15, -0.1) is 0 Å². The lowest BCUT2D eigenvalue weighted by atomic mass is 9.96. The standard InChI is InChI=1S/C13H13ClINO3/c14-9-1-2-11(15)10(7-9)12(17)16-5-3-8(4-6-16)13(18)19/h1-2,7-8H,3-6H2,(H,18,19). The molecule has 0 aliphatic carbocycles. The monoisotopic (exact) mass is 393 g/mol. The van der Waals surface area contributed by atoms with Gasteiger partial charge in [-0.05, 0) is 53.6 Å². The number of halogens is 2. The van der Waals surface area contributed by atoms with E-state index >= 15 is 0 Å². The van der Waals surface area contributed by atoms with Crippen molar-refractivity contribution in [2.24, 2.45) is 5.92 Å². The van der Waals surface area contributed by atoms with E-state index in [1.807, 2.05) is 0 Å². The maximum Gasteiger partial charge on any atom is 0.306 e. The third-order valence-corrected chi connectivity index (χ3v) is 4.47. The first kappa shape index (κ1) is 14.6. The van der Waals surface area contributed by atoms with Gasteiger partial charge in [-0.25, -0.2) is 0 Å². The predicted molar refractivity (Wildman–Crippen MR) is 80.4 cm³/mol. The molecule has 0 saturated carbocycles. The van der Waals surface area contributed by atoms with Crippen molar-refractivity contribution in [2.75, 3.05) is 13.1 Å². The normalized spacial score (nSPS) is 16.4. The van der Waals surface area contributed by atoms with Gasteiger partial charge in [0.25, 0.3) is 5.91 Å². The fraction of sp³-hybridized carbons (Fsp3) is 0.385. The molecular weight excluding hydrogens is 381 g/mol. The molecule has 0 spiro atoms. The van der Waals surface area contributed by atoms with Crippen LogP contribution >= 0.6 is 34.2 Å². The molecule has 0 unspecified atom stereocenters. The first-order valence-corrected chi connectivity index (χ1v) is 7.42. The highest BCUT2D eigenvalue weighted by Gasteiger charge is 2.28. The van der Waals surface area contributed by atoms with Crippen molar-refractivity contribution >= 4 is 46.1 Å². The number of piperidine rings is 1. The first-order valence-electron chi connectivity index (χ1n) is 5.96. The van der Waals surface area contributed by atoms with E-state index in [9.17, 15) is 9.59 Å². The molecule has 1 aromatic carbocycles. The van der Waals surface area contributed by atoms with Crippen LogP contribution in [0.2, 0.25) is 5.02 Å². The van der Waals surface area contributed by atoms with Crippen molar-refractivity contribution in [3.63, 3.8) is 0 Å². The number of carboxylic acids is 1. The van der Waals surface area contributed by atoms with Crippen molar-refractivity contribution in [3.8, 4) is 0 Å². The van der Waals surface area contributed by atoms with E-state index in [0.717, 1.165) is 3.57 Å². The van der Waals surface area contributed by atoms with Crippen LogP contribution in [0.15, 0.2) is 18.2 Å². The van der Waals surface area contributed by atoms with Crippen LogP contribution in [0.1, 0.15) is 23.2 Å². The van der Waals surface area contributed by atoms with Crippen LogP contribution in [-0.4, -0.2) is 35.0 Å². The van der Waals surface area contributed by atoms with Crippen molar-refractivity contribution in [1.82, 2.24) is 4.90 Å². The summed E-state index contributed by atoms with van der Waals surface area (Å²) < 4.78 is 0.854. The third-order valence-electron chi connectivity index (χ3n) is 3.29. The fourth-order valence-corrected chi connectivity index (χ4v) is 2.90. The number of likely N-dealkylation sites (tertiary alicyclic amines) is 1. The van der Waals surface area contributed by atoms with Gasteiger partial charge in [0, 0.05) is 21.7 Å². The summed E-state index contributed by atoms with van der Waals surface area (Å²) in [7, 11) is 0. The summed E-state index contributed by atoms with van der Waals surface area (Å²) in [5.41, 5.74) is 0.585. The van der Waals surface area contributed by atoms with Gasteiger partial charge >= 0.3 is 5.97 Å². The maximum atomic E-state index is 12.4. The molecule has 1 aliphatic heterocycles. The number of carbonyl (C=O) groups is 2. The van der Waals surface area contributed by atoms with Gasteiger partial charge in [-0.3, -0.25) is 9.59 Å². The molecule has 102 valence electrons. The van der Waals surface area contributed by atoms with Crippen LogP contribution in [0.3, 0.4) is 0 Å². The molecule has 6 heteroatoms. The molecule has 0 radical (unpaired) electrons. The maximum absolute atomic E-state index is 12.4. The fourth-order valence-electron chi connectivity index (χ4n) is 2.16. The largest absolute Gasteiger partial charge is 0.481 e. The molecule has 2 rings (SSSR count). The molecule has 0 aromatic heterocycles. The van der Waals surface area contributed by atoms with Crippen molar-refractivity contribution in [2.45, 2.75) is 12.8 Å². The minimum atomic E-state index is -0.774. The molecule has 0 bridgehead atoms. The summed E-state index contributed by atoms with van der Waals surface area (Å²) in [5.74, 6) is -1.18. The molecule has 1 N–H and O–H groups in total. The smallest absolute Gasteiger partial charge is 0.306 e. The van der Waals surface area contributed by atoms with Crippen LogP contribution in [0, 0.1) is 9.49 Å². The Balaban J connectivity index is 2.09. The second-order valence-corrected chi connectivity index (χ2v) is 6.13. The van der Waals surface area contributed by atoms with Crippen molar-refractivity contribution in [3.05, 3.63) is 32.4 Å². The number of nitrogens with zero attached hydrogens (tertiary/aromatic N) is 1. The number of rotatable bonds is 2. The Hall–Kier alpha value is -0.820. The predicted octanol–water partition coefficient (Wildman–Crippen LogP) is 2.88. The van der Waals surface area contributed by atoms with Gasteiger partial charge in [0.2, 0.25) is 0 Å². The summed E-state index contributed by atoms with van der Waals surface area (Å²) in [6.45, 7) is 0.969. The van der Waals surface area contributed by atoms with Gasteiger partial charge in [-0.1, -0.05) is 11.6 Å². The number of aliphatic carboxylic acids is 1. The quantitative estimate of drug-likeness (QED) is 0.786. The van der Waals surface area contributed by atoms with E-state index in [0.29, 0.717) is 36.5 Å². The summed E-state index contributed by atoms with van der Waals surface area (Å²) in [6.07, 6.45) is 1.02. The second-order valence-electron chi connectivity index (χ2n) is 4.53. The van der Waals surface area contributed by atoms with Crippen LogP contribution in [0.25, 0.3) is 0 Å². The Morgan fingerprint density at radius 1 is 1.32 bits per heavy atom. The lowest BCUT2D eigenvalue weighted by Gasteiger charge is -2.30. The Morgan fingerprint density at radius 3 is 2.53 bits per heavy atom. The van der Waals surface area contributed by atoms with Crippen LogP contribution in [-0.2, 0) is 4.79 Å². The highest BCUT2D eigenvalue weighted by Crippen LogP contribution is 2.23. The SMILES string of the molecule is O=C(O)C1CCN(C(=O)c2cc(Cl)ccc2I)CC1. The van der Waals surface area contributed by atoms with E-state index in [1.54, 1.807) is 23.1 Å². The minimum Gasteiger partial charge on any atom is -0.481 e. The molecule has 1 heterocycles. The number of hydrogen-bond donors (Lipinski definition) is 1.